The third-order valence-electron chi connectivity index (χ3n) is 15.3. The van der Waals surface area contributed by atoms with Gasteiger partial charge in [0.05, 0.1) is 27.7 Å². The average Bonchev–Trinajstić information content (AvgIpc) is 3.56. The van der Waals surface area contributed by atoms with Crippen molar-refractivity contribution in [3.05, 3.63) is 109 Å². The summed E-state index contributed by atoms with van der Waals surface area (Å²) in [4.78, 5) is 35.9. The lowest BCUT2D eigenvalue weighted by Crippen LogP contribution is -2.37. The molecule has 0 saturated carbocycles. The van der Waals surface area contributed by atoms with Gasteiger partial charge in [-0.1, -0.05) is 322 Å². The smallest absolute Gasteiger partial charge is 0.462 e. The van der Waals surface area contributed by atoms with Crippen molar-refractivity contribution in [3.63, 3.8) is 0 Å². The summed E-state index contributed by atoms with van der Waals surface area (Å²) >= 11 is 0. The Morgan fingerprint density at radius 2 is 0.663 bits per heavy atom. The van der Waals surface area contributed by atoms with E-state index in [1.807, 2.05) is 21.1 Å². The summed E-state index contributed by atoms with van der Waals surface area (Å²) in [5.74, 6) is -0.804. The van der Waals surface area contributed by atoms with Crippen LogP contribution in [0.25, 0.3) is 0 Å². The zero-order valence-corrected chi connectivity index (χ0v) is 57.4. The van der Waals surface area contributed by atoms with Gasteiger partial charge in [0.15, 0.2) is 6.10 Å². The van der Waals surface area contributed by atoms with Crippen LogP contribution in [0.5, 0.6) is 0 Å². The molecule has 9 nitrogen and oxygen atoms in total. The summed E-state index contributed by atoms with van der Waals surface area (Å²) in [6.07, 6.45) is 93.4. The largest absolute Gasteiger partial charge is 0.472 e. The topological polar surface area (TPSA) is 108 Å². The molecule has 0 saturated heterocycles. The number of quaternary nitrogens is 1. The zero-order valence-electron chi connectivity index (χ0n) is 56.5. The van der Waals surface area contributed by atoms with E-state index in [4.69, 9.17) is 18.5 Å². The summed E-state index contributed by atoms with van der Waals surface area (Å²) in [5.41, 5.74) is 0. The molecule has 0 aromatic heterocycles. The van der Waals surface area contributed by atoms with Gasteiger partial charge in [0.1, 0.15) is 19.8 Å². The third kappa shape index (κ3) is 69.8. The molecule has 1 N–H and O–H groups in total. The lowest BCUT2D eigenvalue weighted by atomic mass is 10.0. The second-order valence-corrected chi connectivity index (χ2v) is 26.4. The fourth-order valence-corrected chi connectivity index (χ4v) is 10.6. The molecule has 0 amide bonds. The maximum atomic E-state index is 12.9. The molecular formula is C76H135NO8P+. The molecule has 0 aromatic rings. The number of hydrogen-bond acceptors (Lipinski definition) is 7. The van der Waals surface area contributed by atoms with Crippen molar-refractivity contribution in [2.45, 2.75) is 315 Å². The molecule has 10 heteroatoms. The number of ether oxygens (including phenoxy) is 2. The number of carbonyl (C=O) groups excluding carboxylic acids is 2. The van der Waals surface area contributed by atoms with Crippen molar-refractivity contribution in [1.82, 2.24) is 0 Å². The van der Waals surface area contributed by atoms with E-state index in [-0.39, 0.29) is 32.0 Å². The predicted octanol–water partition coefficient (Wildman–Crippen LogP) is 23.3. The highest BCUT2D eigenvalue weighted by molar-refractivity contribution is 7.47. The Labute approximate surface area is 531 Å². The van der Waals surface area contributed by atoms with Gasteiger partial charge in [-0.05, 0) is 83.5 Å². The van der Waals surface area contributed by atoms with Crippen molar-refractivity contribution >= 4 is 19.8 Å². The highest BCUT2D eigenvalue weighted by atomic mass is 31.2. The second kappa shape index (κ2) is 66.1. The molecule has 0 rings (SSSR count). The molecule has 0 bridgehead atoms. The lowest BCUT2D eigenvalue weighted by Gasteiger charge is -2.24. The highest BCUT2D eigenvalue weighted by Gasteiger charge is 2.27. The fourth-order valence-electron chi connectivity index (χ4n) is 9.89. The Morgan fingerprint density at radius 1 is 0.372 bits per heavy atom. The molecule has 0 radical (unpaired) electrons. The standard InChI is InChI=1S/C76H134NO8P/c1-6-8-10-12-14-16-18-20-22-24-26-28-30-32-34-35-36-37-38-39-40-41-43-45-47-49-51-53-55-57-59-61-63-65-67-69-76(79)85-74(73-84-86(80,81)83-71-70-77(3,4)5)72-82-75(78)68-66-64-62-60-58-56-54-52-50-48-46-44-42-33-31-29-27-25-23-21-19-17-15-13-11-9-7-2/h8,10,14,16,20,22,26,28,32,34,36-37,39-40,43,45,49,51,74H,6-7,9,11-13,15,17-19,21,23-25,27,29-31,33,35,38,41-42,44,46-48,50,52-73H2,1-5H3/p+1/b10-8-,16-14-,22-20-,28-26-,34-32-,37-36-,40-39-,45-43-,51-49-. The number of phosphoric ester groups is 1. The predicted molar refractivity (Wildman–Crippen MR) is 371 cm³/mol. The van der Waals surface area contributed by atoms with E-state index in [1.54, 1.807) is 0 Å². The first-order valence-electron chi connectivity index (χ1n) is 35.6. The molecule has 0 aliphatic rings. The summed E-state index contributed by atoms with van der Waals surface area (Å²) in [7, 11) is 1.47. The molecule has 2 unspecified atom stereocenters. The van der Waals surface area contributed by atoms with Gasteiger partial charge in [-0.3, -0.25) is 18.6 Å². The van der Waals surface area contributed by atoms with Crippen LogP contribution in [-0.2, 0) is 32.7 Å². The average molecular weight is 1220 g/mol. The molecule has 0 fully saturated rings. The minimum Gasteiger partial charge on any atom is -0.462 e. The maximum Gasteiger partial charge on any atom is 0.472 e. The van der Waals surface area contributed by atoms with E-state index in [1.165, 1.54) is 173 Å². The Bertz CT molecular complexity index is 1820. The molecule has 0 aromatic carbocycles. The number of esters is 2. The first-order chi connectivity index (χ1) is 42.0. The number of allylic oxidation sites excluding steroid dienone is 18. The summed E-state index contributed by atoms with van der Waals surface area (Å²) in [6, 6.07) is 0. The van der Waals surface area contributed by atoms with Gasteiger partial charge in [0, 0.05) is 12.8 Å². The SMILES string of the molecule is CC/C=C\C/C=C\C/C=C\C/C=C\C/C=C\C/C=C\C/C=C\C/C=C\C/C=C\CCCCCCCCCC(=O)OC(COC(=O)CCCCCCCCCCCCCCCCCCCCCCCCCCCCC)COP(=O)(O)OCC[N+](C)(C)C. The van der Waals surface area contributed by atoms with Crippen LogP contribution >= 0.6 is 7.82 Å². The van der Waals surface area contributed by atoms with Crippen LogP contribution in [0.15, 0.2) is 109 Å². The normalized spacial score (nSPS) is 13.8. The first-order valence-corrected chi connectivity index (χ1v) is 37.1. The summed E-state index contributed by atoms with van der Waals surface area (Å²) < 4.78 is 34.7. The monoisotopic (exact) mass is 1220 g/mol. The van der Waals surface area contributed by atoms with E-state index in [9.17, 15) is 19.0 Å². The summed E-state index contributed by atoms with van der Waals surface area (Å²) in [5, 5.41) is 0. The van der Waals surface area contributed by atoms with Crippen LogP contribution in [-0.4, -0.2) is 74.9 Å². The molecule has 0 aliphatic carbocycles. The Balaban J connectivity index is 4.10. The number of rotatable bonds is 65. The molecular weight excluding hydrogens is 1090 g/mol. The van der Waals surface area contributed by atoms with Crippen LogP contribution < -0.4 is 0 Å². The number of likely N-dealkylation sites (N-methyl/N-ethyl adjacent to an activating group) is 1. The molecule has 0 heterocycles. The van der Waals surface area contributed by atoms with Crippen molar-refractivity contribution in [2.24, 2.45) is 0 Å². The lowest BCUT2D eigenvalue weighted by molar-refractivity contribution is -0.870. The Hall–Kier alpha value is -3.33. The number of nitrogens with zero attached hydrogens (tertiary/aromatic N) is 1. The van der Waals surface area contributed by atoms with Crippen molar-refractivity contribution in [3.8, 4) is 0 Å². The van der Waals surface area contributed by atoms with Crippen LogP contribution in [0.1, 0.15) is 309 Å². The third-order valence-corrected chi connectivity index (χ3v) is 16.3. The summed E-state index contributed by atoms with van der Waals surface area (Å²) in [6.45, 7) is 4.34. The number of unbranched alkanes of at least 4 members (excludes halogenated alkanes) is 33. The number of hydrogen-bond donors (Lipinski definition) is 1. The van der Waals surface area contributed by atoms with Gasteiger partial charge in [-0.15, -0.1) is 0 Å². The van der Waals surface area contributed by atoms with E-state index in [0.29, 0.717) is 17.4 Å². The van der Waals surface area contributed by atoms with Crippen LogP contribution in [0.2, 0.25) is 0 Å². The van der Waals surface area contributed by atoms with Gasteiger partial charge >= 0.3 is 19.8 Å². The van der Waals surface area contributed by atoms with Gasteiger partial charge in [0.2, 0.25) is 0 Å². The molecule has 0 spiro atoms. The van der Waals surface area contributed by atoms with Crippen molar-refractivity contribution in [1.29, 1.82) is 0 Å². The zero-order chi connectivity index (χ0) is 62.6. The Kier molecular flexibility index (Phi) is 63.5. The molecule has 0 aliphatic heterocycles. The van der Waals surface area contributed by atoms with Crippen LogP contribution in [0.3, 0.4) is 0 Å². The Morgan fingerprint density at radius 3 is 0.988 bits per heavy atom. The fraction of sp³-hybridized carbons (Fsp3) is 0.737. The molecule has 2 atom stereocenters. The molecule has 86 heavy (non-hydrogen) atoms. The maximum absolute atomic E-state index is 12.9. The quantitative estimate of drug-likeness (QED) is 0.0211. The molecule has 496 valence electrons. The van der Waals surface area contributed by atoms with Crippen molar-refractivity contribution in [2.75, 3.05) is 47.5 Å². The van der Waals surface area contributed by atoms with E-state index >= 15 is 0 Å². The minimum absolute atomic E-state index is 0.0258. The highest BCUT2D eigenvalue weighted by Crippen LogP contribution is 2.43. The van der Waals surface area contributed by atoms with Crippen LogP contribution in [0.4, 0.5) is 0 Å². The first kappa shape index (κ1) is 82.7. The van der Waals surface area contributed by atoms with Gasteiger partial charge < -0.3 is 18.9 Å². The minimum atomic E-state index is -4.40. The van der Waals surface area contributed by atoms with Gasteiger partial charge in [-0.25, -0.2) is 4.57 Å². The number of carbonyl (C=O) groups is 2. The van der Waals surface area contributed by atoms with Crippen LogP contribution in [0, 0.1) is 0 Å². The van der Waals surface area contributed by atoms with Gasteiger partial charge in [-0.2, -0.15) is 0 Å². The number of phosphoric acid groups is 1. The van der Waals surface area contributed by atoms with E-state index in [0.717, 1.165) is 103 Å². The second-order valence-electron chi connectivity index (χ2n) is 24.9. The van der Waals surface area contributed by atoms with E-state index < -0.39 is 26.5 Å². The van der Waals surface area contributed by atoms with E-state index in [2.05, 4.69) is 123 Å². The van der Waals surface area contributed by atoms with Crippen molar-refractivity contribution < 1.29 is 42.1 Å². The van der Waals surface area contributed by atoms with Gasteiger partial charge in [0.25, 0.3) is 0 Å².